The summed E-state index contributed by atoms with van der Waals surface area (Å²) >= 11 is 0. The Kier molecular flexibility index (Phi) is 5.97. The predicted octanol–water partition coefficient (Wildman–Crippen LogP) is 3.02. The Balaban J connectivity index is 1.65. The van der Waals surface area contributed by atoms with E-state index in [1.165, 1.54) is 24.3 Å². The van der Waals surface area contributed by atoms with Crippen molar-refractivity contribution in [1.29, 1.82) is 0 Å². The predicted molar refractivity (Wildman–Crippen MR) is 86.3 cm³/mol. The Morgan fingerprint density at radius 1 is 1.00 bits per heavy atom. The molecule has 2 aromatic rings. The number of ether oxygens (including phenoxy) is 2. The molecule has 0 fully saturated rings. The highest BCUT2D eigenvalue weighted by atomic mass is 19.1. The van der Waals surface area contributed by atoms with E-state index in [2.05, 4.69) is 11.4 Å². The second-order valence-electron chi connectivity index (χ2n) is 5.26. The lowest BCUT2D eigenvalue weighted by Gasteiger charge is -2.10. The van der Waals surface area contributed by atoms with Crippen LogP contribution in [0.25, 0.3) is 0 Å². The van der Waals surface area contributed by atoms with Gasteiger partial charge in [0.15, 0.2) is 6.61 Å². The number of aryl methyl sites for hydroxylation is 2. The molecule has 0 saturated heterocycles. The van der Waals surface area contributed by atoms with E-state index in [0.717, 1.165) is 16.9 Å². The topological polar surface area (TPSA) is 47.6 Å². The minimum Gasteiger partial charge on any atom is -0.492 e. The van der Waals surface area contributed by atoms with Gasteiger partial charge in [0.1, 0.15) is 23.9 Å². The number of rotatable bonds is 7. The van der Waals surface area contributed by atoms with Crippen molar-refractivity contribution in [2.75, 3.05) is 19.8 Å². The van der Waals surface area contributed by atoms with Gasteiger partial charge in [-0.1, -0.05) is 6.07 Å². The van der Waals surface area contributed by atoms with E-state index in [1.54, 1.807) is 0 Å². The molecule has 0 unspecified atom stereocenters. The van der Waals surface area contributed by atoms with Crippen LogP contribution < -0.4 is 14.8 Å². The molecular weight excluding hydrogens is 297 g/mol. The fourth-order valence-corrected chi connectivity index (χ4v) is 2.11. The summed E-state index contributed by atoms with van der Waals surface area (Å²) in [4.78, 5) is 11.6. The van der Waals surface area contributed by atoms with E-state index in [9.17, 15) is 9.18 Å². The molecule has 0 saturated carbocycles. The lowest BCUT2D eigenvalue weighted by atomic mass is 10.1. The lowest BCUT2D eigenvalue weighted by molar-refractivity contribution is -0.123. The normalized spacial score (nSPS) is 10.2. The van der Waals surface area contributed by atoms with E-state index in [-0.39, 0.29) is 18.3 Å². The third-order valence-corrected chi connectivity index (χ3v) is 3.07. The number of hydrogen-bond acceptors (Lipinski definition) is 3. The van der Waals surface area contributed by atoms with E-state index >= 15 is 0 Å². The van der Waals surface area contributed by atoms with Gasteiger partial charge in [-0.05, 0) is 61.4 Å². The number of halogens is 1. The smallest absolute Gasteiger partial charge is 0.258 e. The van der Waals surface area contributed by atoms with Gasteiger partial charge in [-0.15, -0.1) is 0 Å². The Labute approximate surface area is 135 Å². The quantitative estimate of drug-likeness (QED) is 0.799. The maximum absolute atomic E-state index is 12.7. The fourth-order valence-electron chi connectivity index (χ4n) is 2.11. The summed E-state index contributed by atoms with van der Waals surface area (Å²) in [5.41, 5.74) is 2.27. The molecular formula is C18H20FNO3. The van der Waals surface area contributed by atoms with Crippen LogP contribution in [0.3, 0.4) is 0 Å². The van der Waals surface area contributed by atoms with Crippen molar-refractivity contribution in [1.82, 2.24) is 5.32 Å². The van der Waals surface area contributed by atoms with Gasteiger partial charge in [0.25, 0.3) is 5.91 Å². The molecule has 5 heteroatoms. The summed E-state index contributed by atoms with van der Waals surface area (Å²) in [6.07, 6.45) is 0. The summed E-state index contributed by atoms with van der Waals surface area (Å²) in [5, 5.41) is 2.70. The molecule has 122 valence electrons. The zero-order chi connectivity index (χ0) is 16.7. The van der Waals surface area contributed by atoms with Crippen molar-refractivity contribution in [3.05, 3.63) is 59.4 Å². The number of carbonyl (C=O) groups is 1. The third kappa shape index (κ3) is 5.98. The number of carbonyl (C=O) groups excluding carboxylic acids is 1. The van der Waals surface area contributed by atoms with Crippen LogP contribution in [0.1, 0.15) is 11.1 Å². The largest absolute Gasteiger partial charge is 0.492 e. The maximum Gasteiger partial charge on any atom is 0.258 e. The molecule has 1 N–H and O–H groups in total. The van der Waals surface area contributed by atoms with Gasteiger partial charge in [0.05, 0.1) is 6.54 Å². The monoisotopic (exact) mass is 317 g/mol. The molecule has 4 nitrogen and oxygen atoms in total. The highest BCUT2D eigenvalue weighted by Crippen LogP contribution is 2.15. The van der Waals surface area contributed by atoms with Crippen LogP contribution in [-0.4, -0.2) is 25.7 Å². The van der Waals surface area contributed by atoms with Crippen LogP contribution in [0.15, 0.2) is 42.5 Å². The van der Waals surface area contributed by atoms with Crippen molar-refractivity contribution in [2.24, 2.45) is 0 Å². The Morgan fingerprint density at radius 3 is 2.30 bits per heavy atom. The molecule has 1 amide bonds. The summed E-state index contributed by atoms with van der Waals surface area (Å²) in [6.45, 7) is 4.67. The van der Waals surface area contributed by atoms with Crippen LogP contribution in [-0.2, 0) is 4.79 Å². The van der Waals surface area contributed by atoms with E-state index < -0.39 is 0 Å². The molecule has 0 bridgehead atoms. The number of benzene rings is 2. The van der Waals surface area contributed by atoms with Gasteiger partial charge < -0.3 is 14.8 Å². The SMILES string of the molecule is Cc1cc(C)cc(OCCNC(=O)COc2ccc(F)cc2)c1. The average molecular weight is 317 g/mol. The van der Waals surface area contributed by atoms with Crippen molar-refractivity contribution in [3.8, 4) is 11.5 Å². The second-order valence-corrected chi connectivity index (χ2v) is 5.26. The first kappa shape index (κ1) is 16.8. The summed E-state index contributed by atoms with van der Waals surface area (Å²) < 4.78 is 23.6. The number of nitrogens with one attached hydrogen (secondary N) is 1. The Morgan fingerprint density at radius 2 is 1.65 bits per heavy atom. The zero-order valence-electron chi connectivity index (χ0n) is 13.3. The molecule has 23 heavy (non-hydrogen) atoms. The van der Waals surface area contributed by atoms with Gasteiger partial charge in [-0.2, -0.15) is 0 Å². The summed E-state index contributed by atoms with van der Waals surface area (Å²) in [6, 6.07) is 11.5. The van der Waals surface area contributed by atoms with Gasteiger partial charge in [-0.25, -0.2) is 4.39 Å². The minimum atomic E-state index is -0.342. The first-order valence-corrected chi connectivity index (χ1v) is 7.39. The highest BCUT2D eigenvalue weighted by molar-refractivity contribution is 5.77. The first-order chi connectivity index (χ1) is 11.0. The average Bonchev–Trinajstić information content (AvgIpc) is 2.50. The van der Waals surface area contributed by atoms with Crippen LogP contribution in [0.2, 0.25) is 0 Å². The van der Waals surface area contributed by atoms with Gasteiger partial charge in [-0.3, -0.25) is 4.79 Å². The molecule has 2 aromatic carbocycles. The van der Waals surface area contributed by atoms with Crippen molar-refractivity contribution < 1.29 is 18.7 Å². The van der Waals surface area contributed by atoms with E-state index in [0.29, 0.717) is 18.9 Å². The van der Waals surface area contributed by atoms with Crippen molar-refractivity contribution in [2.45, 2.75) is 13.8 Å². The van der Waals surface area contributed by atoms with E-state index in [4.69, 9.17) is 9.47 Å². The molecule has 0 aliphatic carbocycles. The first-order valence-electron chi connectivity index (χ1n) is 7.39. The zero-order valence-corrected chi connectivity index (χ0v) is 13.3. The number of amides is 1. The van der Waals surface area contributed by atoms with E-state index in [1.807, 2.05) is 26.0 Å². The molecule has 0 aliphatic heterocycles. The minimum absolute atomic E-state index is 0.116. The van der Waals surface area contributed by atoms with Crippen LogP contribution >= 0.6 is 0 Å². The molecule has 0 atom stereocenters. The number of hydrogen-bond donors (Lipinski definition) is 1. The van der Waals surface area contributed by atoms with Gasteiger partial charge in [0.2, 0.25) is 0 Å². The molecule has 0 spiro atoms. The fraction of sp³-hybridized carbons (Fsp3) is 0.278. The molecule has 0 radical (unpaired) electrons. The van der Waals surface area contributed by atoms with Crippen LogP contribution in [0.4, 0.5) is 4.39 Å². The van der Waals surface area contributed by atoms with Crippen LogP contribution in [0, 0.1) is 19.7 Å². The standard InChI is InChI=1S/C18H20FNO3/c1-13-9-14(2)11-17(10-13)22-8-7-20-18(21)12-23-16-5-3-15(19)4-6-16/h3-6,9-11H,7-8,12H2,1-2H3,(H,20,21). The molecule has 2 rings (SSSR count). The van der Waals surface area contributed by atoms with Crippen molar-refractivity contribution in [3.63, 3.8) is 0 Å². The maximum atomic E-state index is 12.7. The van der Waals surface area contributed by atoms with Gasteiger partial charge in [0, 0.05) is 0 Å². The van der Waals surface area contributed by atoms with Gasteiger partial charge >= 0.3 is 0 Å². The second kappa shape index (κ2) is 8.17. The lowest BCUT2D eigenvalue weighted by Crippen LogP contribution is -2.32. The Hall–Kier alpha value is -2.56. The molecule has 0 aliphatic rings. The highest BCUT2D eigenvalue weighted by Gasteiger charge is 2.03. The third-order valence-electron chi connectivity index (χ3n) is 3.07. The van der Waals surface area contributed by atoms with Crippen molar-refractivity contribution >= 4 is 5.91 Å². The molecule has 0 aromatic heterocycles. The van der Waals surface area contributed by atoms with Crippen LogP contribution in [0.5, 0.6) is 11.5 Å². The molecule has 0 heterocycles. The summed E-state index contributed by atoms with van der Waals surface area (Å²) in [5.74, 6) is 0.649. The summed E-state index contributed by atoms with van der Waals surface area (Å²) in [7, 11) is 0. The Bertz CT molecular complexity index is 636.